The van der Waals surface area contributed by atoms with Gasteiger partial charge in [-0.1, -0.05) is 42.5 Å². The van der Waals surface area contributed by atoms with E-state index in [4.69, 9.17) is 9.47 Å². The van der Waals surface area contributed by atoms with Crippen molar-refractivity contribution in [1.82, 2.24) is 15.3 Å². The van der Waals surface area contributed by atoms with Gasteiger partial charge in [-0.2, -0.15) is 0 Å². The predicted octanol–water partition coefficient (Wildman–Crippen LogP) is 3.74. The SMILES string of the molecule is CCOc1ccccc1OC1CCCN(c2cncc(NC(=O)N[C@@H](Cc3ccccc3)C(=O)O)n2)C1. The van der Waals surface area contributed by atoms with E-state index in [2.05, 4.69) is 25.5 Å². The van der Waals surface area contributed by atoms with E-state index in [1.807, 2.05) is 61.5 Å². The highest BCUT2D eigenvalue weighted by molar-refractivity contribution is 5.91. The van der Waals surface area contributed by atoms with E-state index in [9.17, 15) is 14.7 Å². The van der Waals surface area contributed by atoms with Crippen molar-refractivity contribution >= 4 is 23.6 Å². The number of hydrogen-bond acceptors (Lipinski definition) is 7. The lowest BCUT2D eigenvalue weighted by Crippen LogP contribution is -2.44. The highest BCUT2D eigenvalue weighted by Gasteiger charge is 2.24. The lowest BCUT2D eigenvalue weighted by atomic mass is 10.1. The number of carbonyl (C=O) groups is 2. The summed E-state index contributed by atoms with van der Waals surface area (Å²) in [7, 11) is 0. The Kier molecular flexibility index (Phi) is 8.75. The zero-order valence-electron chi connectivity index (χ0n) is 20.7. The third-order valence-electron chi connectivity index (χ3n) is 5.89. The first-order chi connectivity index (χ1) is 18.0. The molecule has 2 heterocycles. The fourth-order valence-corrected chi connectivity index (χ4v) is 4.17. The smallest absolute Gasteiger partial charge is 0.326 e. The van der Waals surface area contributed by atoms with Crippen LogP contribution in [0.4, 0.5) is 16.4 Å². The second-order valence-corrected chi connectivity index (χ2v) is 8.65. The molecule has 1 unspecified atom stereocenters. The van der Waals surface area contributed by atoms with Crippen LogP contribution in [0.2, 0.25) is 0 Å². The predicted molar refractivity (Wildman–Crippen MR) is 139 cm³/mol. The number of carbonyl (C=O) groups excluding carboxylic acids is 1. The average molecular weight is 506 g/mol. The van der Waals surface area contributed by atoms with Gasteiger partial charge in [0.1, 0.15) is 18.0 Å². The topological polar surface area (TPSA) is 126 Å². The molecule has 0 saturated carbocycles. The molecule has 194 valence electrons. The average Bonchev–Trinajstić information content (AvgIpc) is 2.90. The summed E-state index contributed by atoms with van der Waals surface area (Å²) in [5.74, 6) is 1.12. The largest absolute Gasteiger partial charge is 0.490 e. The number of benzene rings is 2. The molecule has 10 nitrogen and oxygen atoms in total. The standard InChI is InChI=1S/C27H31N5O5/c1-2-36-22-12-6-7-13-23(22)37-20-11-8-14-32(18-20)25-17-28-16-24(30-25)31-27(35)29-21(26(33)34)15-19-9-4-3-5-10-19/h3-7,9-10,12-13,16-17,20-21H,2,8,11,14-15,18H2,1H3,(H,33,34)(H2,29,30,31,35)/t20?,21-/m0/s1. The van der Waals surface area contributed by atoms with Gasteiger partial charge in [0.25, 0.3) is 0 Å². The van der Waals surface area contributed by atoms with Gasteiger partial charge in [0.15, 0.2) is 17.3 Å². The molecule has 0 spiro atoms. The summed E-state index contributed by atoms with van der Waals surface area (Å²) in [6.45, 7) is 3.86. The van der Waals surface area contributed by atoms with E-state index >= 15 is 0 Å². The molecule has 10 heteroatoms. The van der Waals surface area contributed by atoms with Crippen molar-refractivity contribution in [2.24, 2.45) is 0 Å². The van der Waals surface area contributed by atoms with Crippen LogP contribution in [0, 0.1) is 0 Å². The van der Waals surface area contributed by atoms with Gasteiger partial charge < -0.3 is 24.8 Å². The van der Waals surface area contributed by atoms with Crippen LogP contribution in [-0.2, 0) is 11.2 Å². The summed E-state index contributed by atoms with van der Waals surface area (Å²) in [4.78, 5) is 35.0. The minimum absolute atomic E-state index is 0.0635. The molecule has 37 heavy (non-hydrogen) atoms. The van der Waals surface area contributed by atoms with Gasteiger partial charge in [0, 0.05) is 13.0 Å². The molecule has 2 atom stereocenters. The van der Waals surface area contributed by atoms with Gasteiger partial charge in [-0.05, 0) is 37.5 Å². The van der Waals surface area contributed by atoms with E-state index in [0.717, 1.165) is 24.9 Å². The number of para-hydroxylation sites is 2. The Morgan fingerprint density at radius 1 is 1.11 bits per heavy atom. The summed E-state index contributed by atoms with van der Waals surface area (Å²) in [6.07, 6.45) is 4.95. The zero-order chi connectivity index (χ0) is 26.0. The lowest BCUT2D eigenvalue weighted by Gasteiger charge is -2.33. The lowest BCUT2D eigenvalue weighted by molar-refractivity contribution is -0.139. The van der Waals surface area contributed by atoms with Crippen molar-refractivity contribution in [2.75, 3.05) is 29.9 Å². The number of amides is 2. The normalized spacial score (nSPS) is 15.9. The molecule has 1 fully saturated rings. The first kappa shape index (κ1) is 25.7. The van der Waals surface area contributed by atoms with Crippen LogP contribution >= 0.6 is 0 Å². The number of nitrogens with zero attached hydrogens (tertiary/aromatic N) is 3. The molecule has 3 aromatic rings. The fraction of sp³-hybridized carbons (Fsp3) is 0.333. The molecule has 2 aromatic carbocycles. The Morgan fingerprint density at radius 2 is 1.86 bits per heavy atom. The first-order valence-electron chi connectivity index (χ1n) is 12.3. The number of aliphatic carboxylic acids is 1. The van der Waals surface area contributed by atoms with Crippen LogP contribution < -0.4 is 25.0 Å². The van der Waals surface area contributed by atoms with Crippen molar-refractivity contribution < 1.29 is 24.2 Å². The first-order valence-corrected chi connectivity index (χ1v) is 12.3. The summed E-state index contributed by atoms with van der Waals surface area (Å²) in [6, 6.07) is 15.0. The Bertz CT molecular complexity index is 1190. The van der Waals surface area contributed by atoms with Crippen LogP contribution in [0.15, 0.2) is 67.0 Å². The van der Waals surface area contributed by atoms with Crippen molar-refractivity contribution in [3.05, 3.63) is 72.6 Å². The molecule has 3 N–H and O–H groups in total. The van der Waals surface area contributed by atoms with Crippen molar-refractivity contribution in [3.63, 3.8) is 0 Å². The zero-order valence-corrected chi connectivity index (χ0v) is 20.7. The molecule has 1 aliphatic heterocycles. The van der Waals surface area contributed by atoms with Gasteiger partial charge in [-0.25, -0.2) is 14.6 Å². The van der Waals surface area contributed by atoms with Gasteiger partial charge in [0.2, 0.25) is 0 Å². The van der Waals surface area contributed by atoms with Gasteiger partial charge in [-0.15, -0.1) is 0 Å². The number of carboxylic acid groups (broad SMARTS) is 1. The van der Waals surface area contributed by atoms with Crippen LogP contribution in [0.25, 0.3) is 0 Å². The highest BCUT2D eigenvalue weighted by Crippen LogP contribution is 2.30. The number of carboxylic acids is 1. The van der Waals surface area contributed by atoms with Crippen molar-refractivity contribution in [1.29, 1.82) is 0 Å². The number of piperidine rings is 1. The third-order valence-corrected chi connectivity index (χ3v) is 5.89. The maximum atomic E-state index is 12.5. The summed E-state index contributed by atoms with van der Waals surface area (Å²) in [5, 5.41) is 14.6. The number of hydrogen-bond donors (Lipinski definition) is 3. The fourth-order valence-electron chi connectivity index (χ4n) is 4.17. The highest BCUT2D eigenvalue weighted by atomic mass is 16.5. The molecule has 0 radical (unpaired) electrons. The summed E-state index contributed by atoms with van der Waals surface area (Å²) in [5.41, 5.74) is 0.808. The molecular formula is C27H31N5O5. The molecular weight excluding hydrogens is 474 g/mol. The van der Waals surface area contributed by atoms with Crippen LogP contribution in [0.3, 0.4) is 0 Å². The van der Waals surface area contributed by atoms with E-state index in [-0.39, 0.29) is 18.3 Å². The maximum Gasteiger partial charge on any atom is 0.326 e. The van der Waals surface area contributed by atoms with Gasteiger partial charge >= 0.3 is 12.0 Å². The second kappa shape index (κ2) is 12.6. The summed E-state index contributed by atoms with van der Waals surface area (Å²) >= 11 is 0. The molecule has 2 amide bonds. The van der Waals surface area contributed by atoms with E-state index in [1.165, 1.54) is 6.20 Å². The van der Waals surface area contributed by atoms with Crippen LogP contribution in [-0.4, -0.2) is 58.9 Å². The quantitative estimate of drug-likeness (QED) is 0.380. The Balaban J connectivity index is 1.37. The molecule has 0 aliphatic carbocycles. The molecule has 1 saturated heterocycles. The van der Waals surface area contributed by atoms with E-state index in [1.54, 1.807) is 6.20 Å². The van der Waals surface area contributed by atoms with E-state index < -0.39 is 18.0 Å². The van der Waals surface area contributed by atoms with Crippen LogP contribution in [0.5, 0.6) is 11.5 Å². The number of anilines is 2. The number of aromatic nitrogens is 2. The Labute approximate surface area is 215 Å². The molecule has 1 aromatic heterocycles. The minimum atomic E-state index is -1.12. The van der Waals surface area contributed by atoms with Crippen molar-refractivity contribution in [3.8, 4) is 11.5 Å². The number of urea groups is 1. The monoisotopic (exact) mass is 505 g/mol. The van der Waals surface area contributed by atoms with Gasteiger partial charge in [0.05, 0.1) is 25.5 Å². The van der Waals surface area contributed by atoms with Crippen LogP contribution in [0.1, 0.15) is 25.3 Å². The maximum absolute atomic E-state index is 12.5. The summed E-state index contributed by atoms with van der Waals surface area (Å²) < 4.78 is 11.9. The molecule has 1 aliphatic rings. The minimum Gasteiger partial charge on any atom is -0.490 e. The number of nitrogens with one attached hydrogen (secondary N) is 2. The number of ether oxygens (including phenoxy) is 2. The Morgan fingerprint density at radius 3 is 2.62 bits per heavy atom. The van der Waals surface area contributed by atoms with Crippen molar-refractivity contribution in [2.45, 2.75) is 38.3 Å². The molecule has 4 rings (SSSR count). The molecule has 0 bridgehead atoms. The second-order valence-electron chi connectivity index (χ2n) is 8.65. The number of rotatable bonds is 10. The van der Waals surface area contributed by atoms with Gasteiger partial charge in [-0.3, -0.25) is 10.3 Å². The third kappa shape index (κ3) is 7.33. The van der Waals surface area contributed by atoms with E-state index in [0.29, 0.717) is 30.5 Å². The Hall–Kier alpha value is -4.34.